The molecule has 7 heteroatoms. The van der Waals surface area contributed by atoms with Gasteiger partial charge in [-0.05, 0) is 42.0 Å². The number of hydroxylamine groups is 1. The van der Waals surface area contributed by atoms with Gasteiger partial charge in [-0.1, -0.05) is 12.1 Å². The molecule has 0 aromatic heterocycles. The van der Waals surface area contributed by atoms with E-state index < -0.39 is 0 Å². The first kappa shape index (κ1) is 17.4. The van der Waals surface area contributed by atoms with Crippen LogP contribution in [0.5, 0.6) is 5.75 Å². The number of methoxy groups -OCH3 is 1. The van der Waals surface area contributed by atoms with E-state index in [-0.39, 0.29) is 12.7 Å². The summed E-state index contributed by atoms with van der Waals surface area (Å²) < 4.78 is 5.14. The monoisotopic (exact) mass is 304 g/mol. The summed E-state index contributed by atoms with van der Waals surface area (Å²) in [6.45, 7) is 0.0655. The number of nitrogens with zero attached hydrogens (tertiary/aromatic N) is 3. The quantitative estimate of drug-likeness (QED) is 0.625. The molecule has 2 rings (SSSR count). The third-order valence-electron chi connectivity index (χ3n) is 3.20. The van der Waals surface area contributed by atoms with Gasteiger partial charge in [0.05, 0.1) is 18.9 Å². The van der Waals surface area contributed by atoms with Crippen molar-refractivity contribution >= 4 is 11.4 Å². The lowest BCUT2D eigenvalue weighted by Gasteiger charge is -2.20. The van der Waals surface area contributed by atoms with E-state index >= 15 is 0 Å². The topological polar surface area (TPSA) is 100 Å². The van der Waals surface area contributed by atoms with Crippen molar-refractivity contribution in [3.63, 3.8) is 0 Å². The van der Waals surface area contributed by atoms with Crippen LogP contribution in [0.2, 0.25) is 0 Å². The molecule has 7 nitrogen and oxygen atoms in total. The fourth-order valence-electron chi connectivity index (χ4n) is 1.97. The van der Waals surface area contributed by atoms with Gasteiger partial charge in [0.1, 0.15) is 5.75 Å². The Morgan fingerprint density at radius 3 is 2.00 bits per heavy atom. The average Bonchev–Trinajstić information content (AvgIpc) is 2.55. The summed E-state index contributed by atoms with van der Waals surface area (Å²) in [6.07, 6.45) is 0. The van der Waals surface area contributed by atoms with Crippen LogP contribution in [0.1, 0.15) is 5.56 Å². The number of anilines is 2. The van der Waals surface area contributed by atoms with Crippen LogP contribution in [0.3, 0.4) is 0 Å². The van der Waals surface area contributed by atoms with Gasteiger partial charge in [-0.15, -0.1) is 10.1 Å². The van der Waals surface area contributed by atoms with Crippen LogP contribution in [0.15, 0.2) is 53.8 Å². The molecular weight excluding hydrogens is 284 g/mol. The minimum atomic E-state index is 0. The summed E-state index contributed by atoms with van der Waals surface area (Å²) in [4.78, 5) is 12.2. The molecule has 0 spiro atoms. The van der Waals surface area contributed by atoms with Crippen LogP contribution < -0.4 is 15.8 Å². The second kappa shape index (κ2) is 7.96. The average molecular weight is 304 g/mol. The van der Waals surface area contributed by atoms with Gasteiger partial charge >= 0.3 is 0 Å². The molecule has 4 N–H and O–H groups in total. The number of hydrogen-bond donors (Lipinski definition) is 2. The number of benzene rings is 2. The van der Waals surface area contributed by atoms with Crippen LogP contribution in [0, 0.1) is 4.91 Å². The summed E-state index contributed by atoms with van der Waals surface area (Å²) in [5.74, 6) is 0.812. The van der Waals surface area contributed by atoms with E-state index in [1.54, 1.807) is 7.11 Å². The van der Waals surface area contributed by atoms with Gasteiger partial charge in [0.25, 0.3) is 0 Å². The molecule has 0 radical (unpaired) electrons. The molecule has 0 aliphatic carbocycles. The first-order valence-electron chi connectivity index (χ1n) is 6.40. The molecule has 0 unspecified atom stereocenters. The summed E-state index contributed by atoms with van der Waals surface area (Å²) in [5, 5.41) is 11.8. The molecule has 0 saturated heterocycles. The molecule has 0 amide bonds. The van der Waals surface area contributed by atoms with Gasteiger partial charge in [-0.2, -0.15) is 0 Å². The van der Waals surface area contributed by atoms with Crippen molar-refractivity contribution in [1.82, 2.24) is 11.3 Å². The highest BCUT2D eigenvalue weighted by Gasteiger charge is 2.05. The van der Waals surface area contributed by atoms with E-state index in [0.29, 0.717) is 5.17 Å². The first-order chi connectivity index (χ1) is 10.1. The van der Waals surface area contributed by atoms with Crippen LogP contribution in [0.25, 0.3) is 0 Å². The highest BCUT2D eigenvalue weighted by Crippen LogP contribution is 2.25. The third kappa shape index (κ3) is 4.18. The lowest BCUT2D eigenvalue weighted by Crippen LogP contribution is -2.11. The maximum atomic E-state index is 10.1. The Morgan fingerprint density at radius 1 is 1.05 bits per heavy atom. The predicted molar refractivity (Wildman–Crippen MR) is 85.6 cm³/mol. The lowest BCUT2D eigenvalue weighted by molar-refractivity contribution is -0.100. The third-order valence-corrected chi connectivity index (χ3v) is 3.20. The highest BCUT2D eigenvalue weighted by molar-refractivity contribution is 5.63. The van der Waals surface area contributed by atoms with E-state index in [1.807, 2.05) is 60.5 Å². The van der Waals surface area contributed by atoms with Crippen molar-refractivity contribution in [2.24, 2.45) is 5.29 Å². The van der Waals surface area contributed by atoms with E-state index in [9.17, 15) is 4.91 Å². The van der Waals surface area contributed by atoms with Crippen LogP contribution >= 0.6 is 0 Å². The first-order valence-corrected chi connectivity index (χ1v) is 6.40. The summed E-state index contributed by atoms with van der Waals surface area (Å²) in [5.41, 5.74) is 2.82. The Morgan fingerprint density at radius 2 is 1.55 bits per heavy atom. The Bertz CT molecular complexity index is 587. The largest absolute Gasteiger partial charge is 0.497 e. The smallest absolute Gasteiger partial charge is 0.119 e. The Balaban J connectivity index is 0.00000242. The molecule has 0 bridgehead atoms. The second-order valence-electron chi connectivity index (χ2n) is 4.54. The molecule has 0 aliphatic rings. The molecule has 2 aromatic carbocycles. The second-order valence-corrected chi connectivity index (χ2v) is 4.54. The van der Waals surface area contributed by atoms with Crippen molar-refractivity contribution in [2.75, 3.05) is 19.1 Å². The van der Waals surface area contributed by atoms with E-state index in [2.05, 4.69) is 5.29 Å². The number of ether oxygens (including phenoxy) is 1. The summed E-state index contributed by atoms with van der Waals surface area (Å²) in [6, 6.07) is 15.3. The van der Waals surface area contributed by atoms with Gasteiger partial charge in [0, 0.05) is 18.4 Å². The normalized spacial score (nSPS) is 9.59. The van der Waals surface area contributed by atoms with Crippen molar-refractivity contribution in [2.45, 2.75) is 6.54 Å². The molecule has 118 valence electrons. The number of rotatable bonds is 6. The summed E-state index contributed by atoms with van der Waals surface area (Å²) in [7, 11) is 3.60. The SMILES string of the molecule is COc1ccc(N(C)c2ccc(CN(O)N=O)cc2)cc1.N. The summed E-state index contributed by atoms with van der Waals surface area (Å²) >= 11 is 0. The minimum absolute atomic E-state index is 0. The van der Waals surface area contributed by atoms with Crippen LogP contribution in [-0.2, 0) is 6.54 Å². The number of nitroso groups, excluding NO2 is 1. The minimum Gasteiger partial charge on any atom is -0.497 e. The zero-order valence-electron chi connectivity index (χ0n) is 12.6. The maximum absolute atomic E-state index is 10.1. The highest BCUT2D eigenvalue weighted by atomic mass is 16.6. The van der Waals surface area contributed by atoms with Crippen molar-refractivity contribution in [3.05, 3.63) is 59.0 Å². The van der Waals surface area contributed by atoms with Gasteiger partial charge in [0.2, 0.25) is 0 Å². The van der Waals surface area contributed by atoms with Crippen LogP contribution in [-0.4, -0.2) is 24.5 Å². The Kier molecular flexibility index (Phi) is 6.30. The van der Waals surface area contributed by atoms with E-state index in [1.165, 1.54) is 0 Å². The van der Waals surface area contributed by atoms with Gasteiger partial charge in [-0.25, -0.2) is 0 Å². The molecule has 0 heterocycles. The van der Waals surface area contributed by atoms with Gasteiger partial charge in [-0.3, -0.25) is 5.21 Å². The fraction of sp³-hybridized carbons (Fsp3) is 0.200. The number of hydrogen-bond acceptors (Lipinski definition) is 6. The Hall–Kier alpha value is -2.64. The van der Waals surface area contributed by atoms with Gasteiger partial charge < -0.3 is 15.8 Å². The van der Waals surface area contributed by atoms with Crippen molar-refractivity contribution in [3.8, 4) is 5.75 Å². The molecule has 0 saturated carbocycles. The van der Waals surface area contributed by atoms with Crippen molar-refractivity contribution in [1.29, 1.82) is 0 Å². The maximum Gasteiger partial charge on any atom is 0.119 e. The lowest BCUT2D eigenvalue weighted by atomic mass is 10.2. The standard InChI is InChI=1S/C15H17N3O3.H3N/c1-17(14-7-9-15(21-2)10-8-14)13-5-3-12(4-6-13)11-18(20)16-19;/h3-10,20H,11H2,1-2H3;1H3. The zero-order chi connectivity index (χ0) is 15.2. The molecule has 0 atom stereocenters. The Labute approximate surface area is 129 Å². The fourth-order valence-corrected chi connectivity index (χ4v) is 1.97. The molecular formula is C15H20N4O3. The molecule has 0 fully saturated rings. The zero-order valence-corrected chi connectivity index (χ0v) is 12.6. The van der Waals surface area contributed by atoms with E-state index in [0.717, 1.165) is 22.7 Å². The molecule has 2 aromatic rings. The van der Waals surface area contributed by atoms with Crippen molar-refractivity contribution < 1.29 is 9.94 Å². The predicted octanol–water partition coefficient (Wildman–Crippen LogP) is 3.50. The van der Waals surface area contributed by atoms with Crippen LogP contribution in [0.4, 0.5) is 11.4 Å². The molecule has 22 heavy (non-hydrogen) atoms. The van der Waals surface area contributed by atoms with Gasteiger partial charge in [0.15, 0.2) is 0 Å². The molecule has 0 aliphatic heterocycles. The van der Waals surface area contributed by atoms with E-state index in [4.69, 9.17) is 9.94 Å².